The number of halogens is 3. The molecule has 3 rings (SSSR count). The van der Waals surface area contributed by atoms with Crippen molar-refractivity contribution < 1.29 is 13.2 Å². The second-order valence-electron chi connectivity index (χ2n) is 5.83. The Morgan fingerprint density at radius 1 is 1.36 bits per heavy atom. The molecule has 0 aliphatic carbocycles. The van der Waals surface area contributed by atoms with Gasteiger partial charge in [-0.05, 0) is 12.0 Å². The third-order valence-electron chi connectivity index (χ3n) is 3.93. The number of aromatic nitrogens is 2. The molecule has 10 heteroatoms. The summed E-state index contributed by atoms with van der Waals surface area (Å²) in [5.41, 5.74) is 6.22. The molecule has 0 saturated heterocycles. The minimum absolute atomic E-state index is 0.0228. The van der Waals surface area contributed by atoms with E-state index in [1.165, 1.54) is 16.2 Å². The Kier molecular flexibility index (Phi) is 4.20. The van der Waals surface area contributed by atoms with Crippen LogP contribution in [0.4, 0.5) is 29.9 Å². The van der Waals surface area contributed by atoms with Crippen molar-refractivity contribution in [1.29, 1.82) is 5.26 Å². The second kappa shape index (κ2) is 6.07. The molecule has 0 fully saturated rings. The fraction of sp³-hybridized carbons (Fsp3) is 0.400. The molecule has 0 saturated carbocycles. The number of alkyl halides is 3. The van der Waals surface area contributed by atoms with Crippen molar-refractivity contribution in [1.82, 2.24) is 9.97 Å². The minimum Gasteiger partial charge on any atom is -0.389 e. The van der Waals surface area contributed by atoms with E-state index in [4.69, 9.17) is 5.73 Å². The Balaban J connectivity index is 1.99. The summed E-state index contributed by atoms with van der Waals surface area (Å²) in [6.45, 7) is 0.756. The summed E-state index contributed by atoms with van der Waals surface area (Å²) in [5, 5.41) is 9.62. The van der Waals surface area contributed by atoms with Crippen LogP contribution in [0.5, 0.6) is 0 Å². The van der Waals surface area contributed by atoms with Gasteiger partial charge < -0.3 is 15.5 Å². The molecule has 1 aliphatic heterocycles. The molecule has 0 aromatic carbocycles. The first-order valence-corrected chi connectivity index (χ1v) is 8.21. The van der Waals surface area contributed by atoms with Crippen molar-refractivity contribution in [2.75, 3.05) is 36.2 Å². The quantitative estimate of drug-likeness (QED) is 0.878. The van der Waals surface area contributed by atoms with Gasteiger partial charge in [0.1, 0.15) is 16.9 Å². The maximum absolute atomic E-state index is 13.1. The Labute approximate surface area is 146 Å². The smallest absolute Gasteiger partial charge is 0.389 e. The fourth-order valence-electron chi connectivity index (χ4n) is 2.66. The van der Waals surface area contributed by atoms with Crippen LogP contribution < -0.4 is 15.5 Å². The fourth-order valence-corrected chi connectivity index (χ4v) is 3.74. The predicted molar refractivity (Wildman–Crippen MR) is 89.6 cm³/mol. The van der Waals surface area contributed by atoms with Crippen LogP contribution in [0.2, 0.25) is 0 Å². The molecule has 0 atom stereocenters. The molecule has 2 N–H and O–H groups in total. The van der Waals surface area contributed by atoms with Crippen LogP contribution in [0.3, 0.4) is 0 Å². The lowest BCUT2D eigenvalue weighted by Gasteiger charge is -2.28. The summed E-state index contributed by atoms with van der Waals surface area (Å²) < 4.78 is 39.4. The summed E-state index contributed by atoms with van der Waals surface area (Å²) in [6, 6.07) is 3.02. The molecular weight excluding hydrogens is 353 g/mol. The molecule has 1 aliphatic rings. The van der Waals surface area contributed by atoms with Gasteiger partial charge in [0.25, 0.3) is 0 Å². The molecule has 0 amide bonds. The lowest BCUT2D eigenvalue weighted by atomic mass is 10.0. The molecule has 0 unspecified atom stereocenters. The number of nitrogen functional groups attached to an aromatic ring is 1. The van der Waals surface area contributed by atoms with Crippen LogP contribution in [0.25, 0.3) is 0 Å². The van der Waals surface area contributed by atoms with Crippen LogP contribution >= 0.6 is 11.3 Å². The summed E-state index contributed by atoms with van der Waals surface area (Å²) in [7, 11) is 3.25. The second-order valence-corrected chi connectivity index (χ2v) is 6.97. The third kappa shape index (κ3) is 3.19. The van der Waals surface area contributed by atoms with Crippen LogP contribution in [-0.4, -0.2) is 30.6 Å². The maximum atomic E-state index is 13.1. The van der Waals surface area contributed by atoms with E-state index < -0.39 is 11.9 Å². The van der Waals surface area contributed by atoms with Crippen LogP contribution in [0.1, 0.15) is 21.7 Å². The third-order valence-corrected chi connectivity index (χ3v) is 4.97. The van der Waals surface area contributed by atoms with Gasteiger partial charge in [-0.25, -0.2) is 4.98 Å². The van der Waals surface area contributed by atoms with Gasteiger partial charge in [-0.15, -0.1) is 11.3 Å². The van der Waals surface area contributed by atoms with E-state index in [-0.39, 0.29) is 11.8 Å². The molecule has 25 heavy (non-hydrogen) atoms. The van der Waals surface area contributed by atoms with E-state index in [9.17, 15) is 18.4 Å². The minimum atomic E-state index is -4.55. The van der Waals surface area contributed by atoms with Gasteiger partial charge in [-0.2, -0.15) is 23.4 Å². The van der Waals surface area contributed by atoms with Gasteiger partial charge in [-0.1, -0.05) is 0 Å². The van der Waals surface area contributed by atoms with Crippen LogP contribution in [0.15, 0.2) is 6.07 Å². The van der Waals surface area contributed by atoms with Crippen molar-refractivity contribution in [2.24, 2.45) is 0 Å². The average Bonchev–Trinajstić information content (AvgIpc) is 2.87. The van der Waals surface area contributed by atoms with Crippen molar-refractivity contribution in [3.63, 3.8) is 0 Å². The van der Waals surface area contributed by atoms with Crippen molar-refractivity contribution in [2.45, 2.75) is 19.1 Å². The zero-order chi connectivity index (χ0) is 18.4. The SMILES string of the molecule is CN(C)c1cc(C(F)(F)F)nc(N2CCc3c(sc(N)c3C#N)C2)n1. The van der Waals surface area contributed by atoms with Gasteiger partial charge in [0.15, 0.2) is 5.69 Å². The Morgan fingerprint density at radius 2 is 2.08 bits per heavy atom. The van der Waals surface area contributed by atoms with E-state index in [1.807, 2.05) is 0 Å². The topological polar surface area (TPSA) is 82.1 Å². The highest BCUT2D eigenvalue weighted by molar-refractivity contribution is 7.16. The highest BCUT2D eigenvalue weighted by atomic mass is 32.1. The number of thiophene rings is 1. The molecular formula is C15H15F3N6S. The van der Waals surface area contributed by atoms with Crippen molar-refractivity contribution in [3.8, 4) is 6.07 Å². The first-order chi connectivity index (χ1) is 11.7. The van der Waals surface area contributed by atoms with Gasteiger partial charge >= 0.3 is 6.18 Å². The van der Waals surface area contributed by atoms with Gasteiger partial charge in [0, 0.05) is 31.6 Å². The Hall–Kier alpha value is -2.54. The monoisotopic (exact) mass is 368 g/mol. The standard InChI is InChI=1S/C15H15F3N6S/c1-23(2)12-5-11(15(16,17)18)21-14(22-12)24-4-3-8-9(6-19)13(20)25-10(8)7-24/h5H,3-4,7,20H2,1-2H3. The van der Waals surface area contributed by atoms with Crippen molar-refractivity contribution >= 4 is 28.1 Å². The molecule has 0 bridgehead atoms. The zero-order valence-corrected chi connectivity index (χ0v) is 14.4. The van der Waals surface area contributed by atoms with E-state index in [1.54, 1.807) is 19.0 Å². The highest BCUT2D eigenvalue weighted by Gasteiger charge is 2.35. The van der Waals surface area contributed by atoms with E-state index in [2.05, 4.69) is 16.0 Å². The van der Waals surface area contributed by atoms with E-state index in [0.717, 1.165) is 16.5 Å². The summed E-state index contributed by atoms with van der Waals surface area (Å²) in [5.74, 6) is 0.209. The van der Waals surface area contributed by atoms with Gasteiger partial charge in [0.05, 0.1) is 12.1 Å². The Bertz CT molecular complexity index is 852. The summed E-state index contributed by atoms with van der Waals surface area (Å²) in [6.07, 6.45) is -4.03. The van der Waals surface area contributed by atoms with Crippen LogP contribution in [-0.2, 0) is 19.1 Å². The number of nitriles is 1. The van der Waals surface area contributed by atoms with E-state index >= 15 is 0 Å². The molecule has 132 valence electrons. The number of hydrogen-bond acceptors (Lipinski definition) is 7. The number of fused-ring (bicyclic) bond motifs is 1. The van der Waals surface area contributed by atoms with Gasteiger partial charge in [0.2, 0.25) is 5.95 Å². The predicted octanol–water partition coefficient (Wildman–Crippen LogP) is 2.64. The Morgan fingerprint density at radius 3 is 2.68 bits per heavy atom. The summed E-state index contributed by atoms with van der Waals surface area (Å²) in [4.78, 5) is 12.0. The normalized spacial score (nSPS) is 14.2. The van der Waals surface area contributed by atoms with Gasteiger partial charge in [-0.3, -0.25) is 0 Å². The van der Waals surface area contributed by atoms with Crippen molar-refractivity contribution in [3.05, 3.63) is 27.8 Å². The van der Waals surface area contributed by atoms with Crippen LogP contribution in [0, 0.1) is 11.3 Å². The largest absolute Gasteiger partial charge is 0.433 e. The molecule has 2 aromatic rings. The lowest BCUT2D eigenvalue weighted by molar-refractivity contribution is -0.141. The zero-order valence-electron chi connectivity index (χ0n) is 13.6. The molecule has 0 radical (unpaired) electrons. The number of rotatable bonds is 2. The number of nitrogens with zero attached hydrogens (tertiary/aromatic N) is 5. The number of anilines is 3. The molecule has 0 spiro atoms. The molecule has 3 heterocycles. The molecule has 6 nitrogen and oxygen atoms in total. The number of nitrogens with two attached hydrogens (primary N) is 1. The summed E-state index contributed by atoms with van der Waals surface area (Å²) >= 11 is 1.29. The first-order valence-electron chi connectivity index (χ1n) is 7.39. The number of hydrogen-bond donors (Lipinski definition) is 1. The lowest BCUT2D eigenvalue weighted by Crippen LogP contribution is -2.32. The molecule has 2 aromatic heterocycles. The maximum Gasteiger partial charge on any atom is 0.433 e. The first kappa shape index (κ1) is 17.3. The van der Waals surface area contributed by atoms with E-state index in [0.29, 0.717) is 30.1 Å². The highest BCUT2D eigenvalue weighted by Crippen LogP contribution is 2.36. The average molecular weight is 368 g/mol.